The third-order valence-electron chi connectivity index (χ3n) is 2.21. The standard InChI is InChI=1S/C10H8F2S2/c1-5-8(13)7(10(11)12)4-6-2-3-14-9(5)6/h2-4,10,13H,1H3. The number of thiophene rings is 1. The number of hydrogen-bond acceptors (Lipinski definition) is 2. The minimum Gasteiger partial charge on any atom is -0.205 e. The van der Waals surface area contributed by atoms with Crippen molar-refractivity contribution in [3.05, 3.63) is 28.6 Å². The van der Waals surface area contributed by atoms with Gasteiger partial charge in [-0.1, -0.05) is 0 Å². The molecule has 1 aromatic carbocycles. The van der Waals surface area contributed by atoms with Crippen LogP contribution in [0.2, 0.25) is 0 Å². The summed E-state index contributed by atoms with van der Waals surface area (Å²) >= 11 is 5.68. The maximum atomic E-state index is 12.6. The number of fused-ring (bicyclic) bond motifs is 1. The summed E-state index contributed by atoms with van der Waals surface area (Å²) in [6.07, 6.45) is -2.45. The monoisotopic (exact) mass is 230 g/mol. The average molecular weight is 230 g/mol. The Bertz CT molecular complexity index is 474. The second-order valence-electron chi connectivity index (χ2n) is 3.08. The van der Waals surface area contributed by atoms with Crippen molar-refractivity contribution in [1.82, 2.24) is 0 Å². The molecular weight excluding hydrogens is 222 g/mol. The van der Waals surface area contributed by atoms with Gasteiger partial charge < -0.3 is 0 Å². The predicted octanol–water partition coefficient (Wildman–Crippen LogP) is 4.44. The van der Waals surface area contributed by atoms with Crippen molar-refractivity contribution in [2.45, 2.75) is 18.2 Å². The maximum Gasteiger partial charge on any atom is 0.264 e. The van der Waals surface area contributed by atoms with Crippen LogP contribution in [0.25, 0.3) is 10.1 Å². The summed E-state index contributed by atoms with van der Waals surface area (Å²) in [6.45, 7) is 1.83. The Morgan fingerprint density at radius 3 is 2.79 bits per heavy atom. The molecule has 0 fully saturated rings. The maximum absolute atomic E-state index is 12.6. The summed E-state index contributed by atoms with van der Waals surface area (Å²) < 4.78 is 26.2. The zero-order valence-electron chi connectivity index (χ0n) is 7.42. The highest BCUT2D eigenvalue weighted by Gasteiger charge is 2.15. The lowest BCUT2D eigenvalue weighted by Gasteiger charge is -2.07. The molecule has 0 radical (unpaired) electrons. The number of benzene rings is 1. The van der Waals surface area contributed by atoms with Gasteiger partial charge in [-0.2, -0.15) is 0 Å². The zero-order valence-corrected chi connectivity index (χ0v) is 9.13. The molecular formula is C10H8F2S2. The molecule has 0 atom stereocenters. The molecule has 0 bridgehead atoms. The van der Waals surface area contributed by atoms with Crippen molar-refractivity contribution in [1.29, 1.82) is 0 Å². The largest absolute Gasteiger partial charge is 0.264 e. The highest BCUT2D eigenvalue weighted by atomic mass is 32.1. The summed E-state index contributed by atoms with van der Waals surface area (Å²) in [6, 6.07) is 3.37. The average Bonchev–Trinajstić information content (AvgIpc) is 2.58. The number of aryl methyl sites for hydroxylation is 1. The van der Waals surface area contributed by atoms with E-state index in [1.807, 2.05) is 18.4 Å². The molecule has 4 heteroatoms. The van der Waals surface area contributed by atoms with Crippen molar-refractivity contribution in [2.75, 3.05) is 0 Å². The summed E-state index contributed by atoms with van der Waals surface area (Å²) in [4.78, 5) is 0.412. The van der Waals surface area contributed by atoms with Gasteiger partial charge in [0.25, 0.3) is 6.43 Å². The van der Waals surface area contributed by atoms with Gasteiger partial charge >= 0.3 is 0 Å². The number of hydrogen-bond donors (Lipinski definition) is 1. The van der Waals surface area contributed by atoms with Crippen molar-refractivity contribution >= 4 is 34.1 Å². The first-order valence-corrected chi connectivity index (χ1v) is 5.41. The Kier molecular flexibility index (Phi) is 2.49. The van der Waals surface area contributed by atoms with Gasteiger partial charge in [-0.3, -0.25) is 0 Å². The summed E-state index contributed by atoms with van der Waals surface area (Å²) in [5.41, 5.74) is 0.868. The second kappa shape index (κ2) is 3.51. The van der Waals surface area contributed by atoms with Gasteiger partial charge in [0.15, 0.2) is 0 Å². The Morgan fingerprint density at radius 2 is 2.14 bits per heavy atom. The Labute approximate surface area is 90.0 Å². The predicted molar refractivity (Wildman–Crippen MR) is 58.8 cm³/mol. The smallest absolute Gasteiger partial charge is 0.205 e. The van der Waals surface area contributed by atoms with Crippen LogP contribution in [-0.4, -0.2) is 0 Å². The Hall–Kier alpha value is -0.610. The van der Waals surface area contributed by atoms with E-state index in [1.54, 1.807) is 11.3 Å². The van der Waals surface area contributed by atoms with E-state index < -0.39 is 6.43 Å². The van der Waals surface area contributed by atoms with Crippen LogP contribution in [0.4, 0.5) is 8.78 Å². The number of halogens is 2. The van der Waals surface area contributed by atoms with E-state index in [4.69, 9.17) is 0 Å². The fourth-order valence-electron chi connectivity index (χ4n) is 1.46. The van der Waals surface area contributed by atoms with Gasteiger partial charge in [0.2, 0.25) is 0 Å². The number of thiol groups is 1. The number of rotatable bonds is 1. The molecule has 0 aliphatic carbocycles. The summed E-state index contributed by atoms with van der Waals surface area (Å²) in [7, 11) is 0. The van der Waals surface area contributed by atoms with Gasteiger partial charge in [0.05, 0.1) is 0 Å². The lowest BCUT2D eigenvalue weighted by molar-refractivity contribution is 0.148. The number of alkyl halides is 2. The van der Waals surface area contributed by atoms with Crippen LogP contribution in [-0.2, 0) is 0 Å². The van der Waals surface area contributed by atoms with E-state index in [0.29, 0.717) is 4.90 Å². The van der Waals surface area contributed by atoms with Crippen LogP contribution >= 0.6 is 24.0 Å². The van der Waals surface area contributed by atoms with Crippen molar-refractivity contribution in [3.8, 4) is 0 Å². The first-order valence-electron chi connectivity index (χ1n) is 4.09. The molecule has 0 saturated heterocycles. The quantitative estimate of drug-likeness (QED) is 0.688. The molecule has 14 heavy (non-hydrogen) atoms. The third kappa shape index (κ3) is 1.42. The zero-order chi connectivity index (χ0) is 10.3. The van der Waals surface area contributed by atoms with E-state index >= 15 is 0 Å². The van der Waals surface area contributed by atoms with Gasteiger partial charge in [0.1, 0.15) is 0 Å². The molecule has 0 aliphatic heterocycles. The highest BCUT2D eigenvalue weighted by molar-refractivity contribution is 7.80. The SMILES string of the molecule is Cc1c(S)c(C(F)F)cc2ccsc12. The van der Waals surface area contributed by atoms with E-state index in [-0.39, 0.29) is 5.56 Å². The molecule has 0 saturated carbocycles. The highest BCUT2D eigenvalue weighted by Crippen LogP contribution is 2.35. The molecule has 0 aliphatic rings. The van der Waals surface area contributed by atoms with Gasteiger partial charge in [0, 0.05) is 15.2 Å². The summed E-state index contributed by atoms with van der Waals surface area (Å²) in [5, 5.41) is 2.78. The molecule has 0 nitrogen and oxygen atoms in total. The molecule has 0 spiro atoms. The van der Waals surface area contributed by atoms with E-state index in [1.165, 1.54) is 6.07 Å². The lowest BCUT2D eigenvalue weighted by atomic mass is 10.1. The first kappa shape index (κ1) is 9.93. The van der Waals surface area contributed by atoms with E-state index in [0.717, 1.165) is 15.6 Å². The van der Waals surface area contributed by atoms with Crippen LogP contribution < -0.4 is 0 Å². The van der Waals surface area contributed by atoms with Crippen molar-refractivity contribution in [2.24, 2.45) is 0 Å². The second-order valence-corrected chi connectivity index (χ2v) is 4.44. The van der Waals surface area contributed by atoms with Crippen LogP contribution in [0.5, 0.6) is 0 Å². The molecule has 1 aromatic heterocycles. The van der Waals surface area contributed by atoms with Gasteiger partial charge in [-0.15, -0.1) is 24.0 Å². The van der Waals surface area contributed by atoms with Crippen LogP contribution in [0, 0.1) is 6.92 Å². The third-order valence-corrected chi connectivity index (χ3v) is 3.85. The normalized spacial score (nSPS) is 11.5. The first-order chi connectivity index (χ1) is 6.61. The summed E-state index contributed by atoms with van der Waals surface area (Å²) in [5.74, 6) is 0. The molecule has 0 amide bonds. The Balaban J connectivity index is 2.80. The van der Waals surface area contributed by atoms with Crippen LogP contribution in [0.15, 0.2) is 22.4 Å². The van der Waals surface area contributed by atoms with Gasteiger partial charge in [-0.05, 0) is 35.4 Å². The van der Waals surface area contributed by atoms with E-state index in [9.17, 15) is 8.78 Å². The minimum atomic E-state index is -2.45. The van der Waals surface area contributed by atoms with Crippen LogP contribution in [0.1, 0.15) is 17.6 Å². The molecule has 1 heterocycles. The molecule has 2 aromatic rings. The fraction of sp³-hybridized carbons (Fsp3) is 0.200. The Morgan fingerprint density at radius 1 is 1.43 bits per heavy atom. The molecule has 74 valence electrons. The van der Waals surface area contributed by atoms with Crippen LogP contribution in [0.3, 0.4) is 0 Å². The molecule has 2 rings (SSSR count). The van der Waals surface area contributed by atoms with Gasteiger partial charge in [-0.25, -0.2) is 8.78 Å². The topological polar surface area (TPSA) is 0 Å². The minimum absolute atomic E-state index is 0.0248. The fourth-order valence-corrected chi connectivity index (χ4v) is 2.71. The van der Waals surface area contributed by atoms with E-state index in [2.05, 4.69) is 12.6 Å². The lowest BCUT2D eigenvalue weighted by Crippen LogP contribution is -1.89. The molecule has 0 N–H and O–H groups in total. The van der Waals surface area contributed by atoms with Crippen molar-refractivity contribution < 1.29 is 8.78 Å². The van der Waals surface area contributed by atoms with Crippen molar-refractivity contribution in [3.63, 3.8) is 0 Å². The molecule has 0 unspecified atom stereocenters.